The zero-order chi connectivity index (χ0) is 14.6. The number of amides is 1. The number of carbonyl (C=O) groups is 1. The van der Waals surface area contributed by atoms with Gasteiger partial charge in [-0.25, -0.2) is 9.18 Å². The lowest BCUT2D eigenvalue weighted by Crippen LogP contribution is -2.49. The number of rotatable bonds is 3. The van der Waals surface area contributed by atoms with Crippen LogP contribution in [0.25, 0.3) is 0 Å². The molecule has 1 rings (SSSR count). The van der Waals surface area contributed by atoms with Gasteiger partial charge in [-0.1, -0.05) is 0 Å². The van der Waals surface area contributed by atoms with E-state index in [4.69, 9.17) is 14.6 Å². The number of nitrogens with zero attached hydrogens (tertiary/aromatic N) is 1. The molecule has 0 bridgehead atoms. The fraction of sp³-hybridized carbons (Fsp3) is 0.923. The lowest BCUT2D eigenvalue weighted by Gasteiger charge is -2.35. The fourth-order valence-electron chi connectivity index (χ4n) is 1.83. The van der Waals surface area contributed by atoms with Gasteiger partial charge >= 0.3 is 6.09 Å². The van der Waals surface area contributed by atoms with Crippen LogP contribution in [-0.4, -0.2) is 59.8 Å². The maximum Gasteiger partial charge on any atom is 0.410 e. The van der Waals surface area contributed by atoms with Gasteiger partial charge in [0, 0.05) is 6.54 Å². The summed E-state index contributed by atoms with van der Waals surface area (Å²) < 4.78 is 24.4. The number of hydrogen-bond donors (Lipinski definition) is 1. The van der Waals surface area contributed by atoms with Crippen LogP contribution in [0.5, 0.6) is 0 Å². The molecule has 1 saturated heterocycles. The normalized spacial score (nSPS) is 26.1. The Bertz CT molecular complexity index is 304. The molecule has 112 valence electrons. The van der Waals surface area contributed by atoms with Crippen LogP contribution < -0.4 is 0 Å². The second kappa shape index (κ2) is 6.52. The van der Waals surface area contributed by atoms with Crippen molar-refractivity contribution in [1.29, 1.82) is 0 Å². The summed E-state index contributed by atoms with van der Waals surface area (Å²) in [6.07, 6.45) is -2.51. The molecule has 0 aromatic heterocycles. The van der Waals surface area contributed by atoms with Crippen LogP contribution in [0, 0.1) is 0 Å². The highest BCUT2D eigenvalue weighted by atomic mass is 19.1. The van der Waals surface area contributed by atoms with Crippen LogP contribution in [0.2, 0.25) is 0 Å². The largest absolute Gasteiger partial charge is 0.444 e. The number of aliphatic hydroxyl groups excluding tert-OH is 1. The van der Waals surface area contributed by atoms with Crippen LogP contribution in [-0.2, 0) is 9.47 Å². The minimum Gasteiger partial charge on any atom is -0.444 e. The van der Waals surface area contributed by atoms with Crippen molar-refractivity contribution in [2.24, 2.45) is 0 Å². The molecular weight excluding hydrogens is 253 g/mol. The lowest BCUT2D eigenvalue weighted by molar-refractivity contribution is -0.0713. The van der Waals surface area contributed by atoms with E-state index in [1.54, 1.807) is 27.7 Å². The average molecular weight is 277 g/mol. The van der Waals surface area contributed by atoms with Crippen molar-refractivity contribution in [3.05, 3.63) is 0 Å². The number of piperidine rings is 1. The molecule has 0 spiro atoms. The molecule has 1 amide bonds. The molecule has 6 heteroatoms. The molecule has 0 saturated carbocycles. The van der Waals surface area contributed by atoms with Gasteiger partial charge in [0.25, 0.3) is 0 Å². The standard InChI is InChI=1S/C13H24FNO4/c1-9(16)8-18-11-5-6-15(7-10(11)14)12(17)19-13(2,3)4/h9-11,16H,5-8H2,1-4H3. The van der Waals surface area contributed by atoms with Gasteiger partial charge in [0.1, 0.15) is 11.8 Å². The summed E-state index contributed by atoms with van der Waals surface area (Å²) in [7, 11) is 0. The van der Waals surface area contributed by atoms with Crippen LogP contribution >= 0.6 is 0 Å². The summed E-state index contributed by atoms with van der Waals surface area (Å²) in [6, 6.07) is 0. The molecule has 1 N–H and O–H groups in total. The van der Waals surface area contributed by atoms with E-state index >= 15 is 0 Å². The molecule has 0 aromatic carbocycles. The summed E-state index contributed by atoms with van der Waals surface area (Å²) in [5.74, 6) is 0. The molecular formula is C13H24FNO4. The summed E-state index contributed by atoms with van der Waals surface area (Å²) in [5, 5.41) is 9.11. The van der Waals surface area contributed by atoms with Gasteiger partial charge in [-0.3, -0.25) is 0 Å². The van der Waals surface area contributed by atoms with Crippen molar-refractivity contribution in [2.75, 3.05) is 19.7 Å². The Morgan fingerprint density at radius 3 is 2.63 bits per heavy atom. The van der Waals surface area contributed by atoms with E-state index in [-0.39, 0.29) is 13.2 Å². The third kappa shape index (κ3) is 5.74. The highest BCUT2D eigenvalue weighted by molar-refractivity contribution is 5.68. The van der Waals surface area contributed by atoms with Crippen molar-refractivity contribution in [1.82, 2.24) is 4.90 Å². The minimum atomic E-state index is -1.25. The maximum atomic E-state index is 13.9. The highest BCUT2D eigenvalue weighted by Crippen LogP contribution is 2.20. The minimum absolute atomic E-state index is 0.0284. The average Bonchev–Trinajstić information content (AvgIpc) is 2.24. The molecule has 3 unspecified atom stereocenters. The Morgan fingerprint density at radius 1 is 1.53 bits per heavy atom. The predicted molar refractivity (Wildman–Crippen MR) is 68.7 cm³/mol. The molecule has 1 aliphatic heterocycles. The van der Waals surface area contributed by atoms with Crippen molar-refractivity contribution in [2.45, 2.75) is 58.1 Å². The highest BCUT2D eigenvalue weighted by Gasteiger charge is 2.34. The van der Waals surface area contributed by atoms with E-state index in [2.05, 4.69) is 0 Å². The lowest BCUT2D eigenvalue weighted by atomic mass is 10.1. The summed E-state index contributed by atoms with van der Waals surface area (Å²) >= 11 is 0. The Labute approximate surface area is 113 Å². The number of carbonyl (C=O) groups excluding carboxylic acids is 1. The monoisotopic (exact) mass is 277 g/mol. The number of alkyl halides is 1. The van der Waals surface area contributed by atoms with Gasteiger partial charge in [0.05, 0.1) is 25.4 Å². The molecule has 0 aliphatic carbocycles. The second-order valence-corrected chi connectivity index (χ2v) is 5.95. The summed E-state index contributed by atoms with van der Waals surface area (Å²) in [5.41, 5.74) is -0.581. The van der Waals surface area contributed by atoms with Crippen LogP contribution in [0.4, 0.5) is 9.18 Å². The number of likely N-dealkylation sites (tertiary alicyclic amines) is 1. The summed E-state index contributed by atoms with van der Waals surface area (Å²) in [4.78, 5) is 13.1. The Morgan fingerprint density at radius 2 is 2.16 bits per heavy atom. The third-order valence-corrected chi connectivity index (χ3v) is 2.68. The van der Waals surface area contributed by atoms with Gasteiger partial charge in [-0.2, -0.15) is 0 Å². The number of aliphatic hydroxyl groups is 1. The fourth-order valence-corrected chi connectivity index (χ4v) is 1.83. The quantitative estimate of drug-likeness (QED) is 0.853. The molecule has 1 fully saturated rings. The van der Waals surface area contributed by atoms with Crippen molar-refractivity contribution >= 4 is 6.09 Å². The smallest absolute Gasteiger partial charge is 0.410 e. The SMILES string of the molecule is CC(O)COC1CCN(C(=O)OC(C)(C)C)CC1F. The Kier molecular flexibility index (Phi) is 5.55. The van der Waals surface area contributed by atoms with E-state index in [0.717, 1.165) is 0 Å². The van der Waals surface area contributed by atoms with Gasteiger partial charge in [-0.05, 0) is 34.1 Å². The van der Waals surface area contributed by atoms with E-state index in [0.29, 0.717) is 13.0 Å². The van der Waals surface area contributed by atoms with Crippen LogP contribution in [0.1, 0.15) is 34.1 Å². The van der Waals surface area contributed by atoms with E-state index in [9.17, 15) is 9.18 Å². The van der Waals surface area contributed by atoms with Crippen molar-refractivity contribution in [3.63, 3.8) is 0 Å². The van der Waals surface area contributed by atoms with E-state index < -0.39 is 30.1 Å². The number of ether oxygens (including phenoxy) is 2. The molecule has 5 nitrogen and oxygen atoms in total. The van der Waals surface area contributed by atoms with Crippen LogP contribution in [0.15, 0.2) is 0 Å². The predicted octanol–water partition coefficient (Wildman–Crippen LogP) is 1.73. The van der Waals surface area contributed by atoms with E-state index in [1.165, 1.54) is 4.90 Å². The topological polar surface area (TPSA) is 59.0 Å². The van der Waals surface area contributed by atoms with Gasteiger partial charge < -0.3 is 19.5 Å². The molecule has 0 aromatic rings. The van der Waals surface area contributed by atoms with E-state index in [1.807, 2.05) is 0 Å². The third-order valence-electron chi connectivity index (χ3n) is 2.68. The first-order valence-corrected chi connectivity index (χ1v) is 6.60. The molecule has 1 aliphatic rings. The molecule has 1 heterocycles. The van der Waals surface area contributed by atoms with Crippen molar-refractivity contribution < 1.29 is 23.8 Å². The Balaban J connectivity index is 2.42. The first-order valence-electron chi connectivity index (χ1n) is 6.60. The summed E-state index contributed by atoms with van der Waals surface area (Å²) in [6.45, 7) is 7.39. The molecule has 0 radical (unpaired) electrons. The van der Waals surface area contributed by atoms with Gasteiger partial charge in [-0.15, -0.1) is 0 Å². The zero-order valence-corrected chi connectivity index (χ0v) is 12.1. The first-order chi connectivity index (χ1) is 8.69. The Hall–Kier alpha value is -0.880. The molecule has 19 heavy (non-hydrogen) atoms. The van der Waals surface area contributed by atoms with Gasteiger partial charge in [0.15, 0.2) is 0 Å². The maximum absolute atomic E-state index is 13.9. The number of halogens is 1. The molecule has 3 atom stereocenters. The van der Waals surface area contributed by atoms with Crippen molar-refractivity contribution in [3.8, 4) is 0 Å². The number of hydrogen-bond acceptors (Lipinski definition) is 4. The second-order valence-electron chi connectivity index (χ2n) is 5.95. The zero-order valence-electron chi connectivity index (χ0n) is 12.1. The van der Waals surface area contributed by atoms with Gasteiger partial charge in [0.2, 0.25) is 0 Å². The van der Waals surface area contributed by atoms with Crippen LogP contribution in [0.3, 0.4) is 0 Å². The first kappa shape index (κ1) is 16.2.